The van der Waals surface area contributed by atoms with Crippen molar-refractivity contribution in [3.63, 3.8) is 0 Å². The number of carboxylic acid groups (broad SMARTS) is 1. The second-order valence-corrected chi connectivity index (χ2v) is 4.41. The smallest absolute Gasteiger partial charge is 0.328 e. The SMILES string of the molecule is Cc1ccc2c(c1)[C@@](N)(C(=O)O)C[C@@H](C)O2. The number of nitrogens with two attached hydrogens (primary N) is 1. The van der Waals surface area contributed by atoms with Crippen LogP contribution in [0.2, 0.25) is 0 Å². The number of aryl methyl sites for hydroxylation is 1. The Morgan fingerprint density at radius 1 is 1.62 bits per heavy atom. The Morgan fingerprint density at radius 2 is 2.31 bits per heavy atom. The van der Waals surface area contributed by atoms with Gasteiger partial charge in [0.2, 0.25) is 0 Å². The average Bonchev–Trinajstić information content (AvgIpc) is 2.19. The number of benzene rings is 1. The molecule has 2 rings (SSSR count). The minimum absolute atomic E-state index is 0.184. The van der Waals surface area contributed by atoms with Crippen molar-refractivity contribution in [2.45, 2.75) is 31.9 Å². The molecule has 0 saturated carbocycles. The molecule has 86 valence electrons. The molecule has 1 aromatic rings. The average molecular weight is 221 g/mol. The van der Waals surface area contributed by atoms with Crippen LogP contribution in [0.3, 0.4) is 0 Å². The highest BCUT2D eigenvalue weighted by Gasteiger charge is 2.43. The van der Waals surface area contributed by atoms with E-state index in [9.17, 15) is 9.90 Å². The quantitative estimate of drug-likeness (QED) is 0.752. The van der Waals surface area contributed by atoms with Crippen molar-refractivity contribution in [1.82, 2.24) is 0 Å². The Balaban J connectivity index is 2.60. The topological polar surface area (TPSA) is 72.6 Å². The Kier molecular flexibility index (Phi) is 2.39. The third-order valence-corrected chi connectivity index (χ3v) is 2.93. The van der Waals surface area contributed by atoms with E-state index in [1.54, 1.807) is 12.1 Å². The first-order valence-electron chi connectivity index (χ1n) is 5.23. The summed E-state index contributed by atoms with van der Waals surface area (Å²) in [5.74, 6) is -0.427. The van der Waals surface area contributed by atoms with Crippen LogP contribution in [0.25, 0.3) is 0 Å². The molecule has 0 bridgehead atoms. The van der Waals surface area contributed by atoms with E-state index < -0.39 is 11.5 Å². The minimum Gasteiger partial charge on any atom is -0.490 e. The van der Waals surface area contributed by atoms with Gasteiger partial charge >= 0.3 is 5.97 Å². The van der Waals surface area contributed by atoms with Crippen LogP contribution in [-0.4, -0.2) is 17.2 Å². The molecule has 2 atom stereocenters. The van der Waals surface area contributed by atoms with Crippen LogP contribution in [0, 0.1) is 6.92 Å². The lowest BCUT2D eigenvalue weighted by Crippen LogP contribution is -2.50. The van der Waals surface area contributed by atoms with Gasteiger partial charge in [0, 0.05) is 12.0 Å². The number of fused-ring (bicyclic) bond motifs is 1. The van der Waals surface area contributed by atoms with Crippen LogP contribution in [0.15, 0.2) is 18.2 Å². The van der Waals surface area contributed by atoms with E-state index in [1.807, 2.05) is 19.9 Å². The minimum atomic E-state index is -1.33. The van der Waals surface area contributed by atoms with Crippen molar-refractivity contribution in [3.8, 4) is 5.75 Å². The zero-order valence-corrected chi connectivity index (χ0v) is 9.36. The van der Waals surface area contributed by atoms with E-state index in [-0.39, 0.29) is 6.10 Å². The first kappa shape index (κ1) is 11.0. The molecule has 0 amide bonds. The molecule has 0 unspecified atom stereocenters. The van der Waals surface area contributed by atoms with Crippen molar-refractivity contribution in [2.75, 3.05) is 0 Å². The van der Waals surface area contributed by atoms with Gasteiger partial charge < -0.3 is 15.6 Å². The van der Waals surface area contributed by atoms with Crippen LogP contribution in [-0.2, 0) is 10.3 Å². The molecule has 0 aromatic heterocycles. The van der Waals surface area contributed by atoms with Gasteiger partial charge in [-0.05, 0) is 26.0 Å². The molecule has 0 aliphatic carbocycles. The fourth-order valence-corrected chi connectivity index (χ4v) is 2.12. The van der Waals surface area contributed by atoms with Crippen molar-refractivity contribution in [1.29, 1.82) is 0 Å². The summed E-state index contributed by atoms with van der Waals surface area (Å²) in [5.41, 5.74) is 6.21. The summed E-state index contributed by atoms with van der Waals surface area (Å²) in [6.07, 6.45) is 0.106. The maximum absolute atomic E-state index is 11.3. The lowest BCUT2D eigenvalue weighted by molar-refractivity contribution is -0.145. The largest absolute Gasteiger partial charge is 0.490 e. The molecule has 4 nitrogen and oxygen atoms in total. The van der Waals surface area contributed by atoms with E-state index >= 15 is 0 Å². The van der Waals surface area contributed by atoms with Gasteiger partial charge in [0.15, 0.2) is 0 Å². The van der Waals surface area contributed by atoms with Gasteiger partial charge in [0.25, 0.3) is 0 Å². The maximum atomic E-state index is 11.3. The number of hydrogen-bond donors (Lipinski definition) is 2. The van der Waals surface area contributed by atoms with Gasteiger partial charge in [0.1, 0.15) is 11.3 Å². The van der Waals surface area contributed by atoms with Gasteiger partial charge in [-0.15, -0.1) is 0 Å². The van der Waals surface area contributed by atoms with E-state index in [0.29, 0.717) is 17.7 Å². The van der Waals surface area contributed by atoms with Crippen molar-refractivity contribution >= 4 is 5.97 Å². The van der Waals surface area contributed by atoms with E-state index in [4.69, 9.17) is 10.5 Å². The van der Waals surface area contributed by atoms with Crippen LogP contribution in [0.1, 0.15) is 24.5 Å². The summed E-state index contributed by atoms with van der Waals surface area (Å²) in [7, 11) is 0. The van der Waals surface area contributed by atoms with Crippen molar-refractivity contribution < 1.29 is 14.6 Å². The van der Waals surface area contributed by atoms with Crippen molar-refractivity contribution in [2.24, 2.45) is 5.73 Å². The molecule has 4 heteroatoms. The maximum Gasteiger partial charge on any atom is 0.328 e. The van der Waals surface area contributed by atoms with E-state index in [2.05, 4.69) is 0 Å². The standard InChI is InChI=1S/C12H15NO3/c1-7-3-4-10-9(5-7)12(13,11(14)15)6-8(2)16-10/h3-5,8H,6,13H2,1-2H3,(H,14,15)/t8-,12-/m1/s1. The first-order valence-corrected chi connectivity index (χ1v) is 5.23. The normalized spacial score (nSPS) is 28.1. The second-order valence-electron chi connectivity index (χ2n) is 4.41. The van der Waals surface area contributed by atoms with E-state index in [1.165, 1.54) is 0 Å². The van der Waals surface area contributed by atoms with Gasteiger partial charge in [0.05, 0.1) is 6.10 Å². The molecule has 0 spiro atoms. The predicted octanol–water partition coefficient (Wildman–Crippen LogP) is 1.40. The molecule has 1 aliphatic heterocycles. The van der Waals surface area contributed by atoms with E-state index in [0.717, 1.165) is 5.56 Å². The van der Waals surface area contributed by atoms with Gasteiger partial charge in [-0.25, -0.2) is 4.79 Å². The zero-order chi connectivity index (χ0) is 11.9. The monoisotopic (exact) mass is 221 g/mol. The number of rotatable bonds is 1. The summed E-state index contributed by atoms with van der Waals surface area (Å²) in [4.78, 5) is 11.3. The first-order chi connectivity index (χ1) is 7.43. The molecular weight excluding hydrogens is 206 g/mol. The number of carbonyl (C=O) groups is 1. The fourth-order valence-electron chi connectivity index (χ4n) is 2.12. The van der Waals surface area contributed by atoms with Crippen molar-refractivity contribution in [3.05, 3.63) is 29.3 Å². The molecule has 0 saturated heterocycles. The summed E-state index contributed by atoms with van der Waals surface area (Å²) >= 11 is 0. The van der Waals surface area contributed by atoms with Gasteiger partial charge in [-0.1, -0.05) is 11.6 Å². The third kappa shape index (κ3) is 1.55. The number of ether oxygens (including phenoxy) is 1. The summed E-state index contributed by atoms with van der Waals surface area (Å²) in [6, 6.07) is 5.46. The molecule has 1 aliphatic rings. The summed E-state index contributed by atoms with van der Waals surface area (Å²) < 4.78 is 5.59. The lowest BCUT2D eigenvalue weighted by atomic mass is 9.82. The molecule has 1 aromatic carbocycles. The molecule has 0 fully saturated rings. The Labute approximate surface area is 94.0 Å². The second kappa shape index (κ2) is 3.49. The molecule has 3 N–H and O–H groups in total. The highest BCUT2D eigenvalue weighted by molar-refractivity contribution is 5.82. The van der Waals surface area contributed by atoms with Crippen LogP contribution in [0.5, 0.6) is 5.75 Å². The Bertz CT molecular complexity index is 444. The highest BCUT2D eigenvalue weighted by Crippen LogP contribution is 2.38. The fraction of sp³-hybridized carbons (Fsp3) is 0.417. The molecule has 16 heavy (non-hydrogen) atoms. The van der Waals surface area contributed by atoms with Gasteiger partial charge in [-0.2, -0.15) is 0 Å². The van der Waals surface area contributed by atoms with Crippen LogP contribution in [0.4, 0.5) is 0 Å². The van der Waals surface area contributed by atoms with Gasteiger partial charge in [-0.3, -0.25) is 0 Å². The number of hydrogen-bond acceptors (Lipinski definition) is 3. The highest BCUT2D eigenvalue weighted by atomic mass is 16.5. The van der Waals surface area contributed by atoms with Crippen LogP contribution >= 0.6 is 0 Å². The summed E-state index contributed by atoms with van der Waals surface area (Å²) in [5, 5.41) is 9.27. The third-order valence-electron chi connectivity index (χ3n) is 2.93. The summed E-state index contributed by atoms with van der Waals surface area (Å²) in [6.45, 7) is 3.73. The van der Waals surface area contributed by atoms with Crippen LogP contribution < -0.4 is 10.5 Å². The molecule has 0 radical (unpaired) electrons. The molecule has 1 heterocycles. The number of carboxylic acids is 1. The molecular formula is C12H15NO3. The Morgan fingerprint density at radius 3 is 2.94 bits per heavy atom. The zero-order valence-electron chi connectivity index (χ0n) is 9.36. The Hall–Kier alpha value is -1.55. The predicted molar refractivity (Wildman–Crippen MR) is 59.4 cm³/mol. The number of aliphatic carboxylic acids is 1. The lowest BCUT2D eigenvalue weighted by Gasteiger charge is -2.35.